The minimum Gasteiger partial charge on any atom is -0.352 e. The van der Waals surface area contributed by atoms with E-state index in [9.17, 15) is 9.59 Å². The van der Waals surface area contributed by atoms with Crippen molar-refractivity contribution in [1.82, 2.24) is 25.4 Å². The molecule has 8 heteroatoms. The number of aromatic nitrogens is 3. The summed E-state index contributed by atoms with van der Waals surface area (Å²) < 4.78 is 1.67. The first-order valence-corrected chi connectivity index (χ1v) is 9.18. The molecule has 0 atom stereocenters. The molecule has 0 fully saturated rings. The van der Waals surface area contributed by atoms with Crippen molar-refractivity contribution in [2.24, 2.45) is 0 Å². The molecular formula is C18H19N5O2S. The molecule has 2 aromatic heterocycles. The fourth-order valence-electron chi connectivity index (χ4n) is 2.34. The van der Waals surface area contributed by atoms with Crippen LogP contribution in [0.4, 0.5) is 0 Å². The van der Waals surface area contributed by atoms with E-state index in [1.54, 1.807) is 22.5 Å². The smallest absolute Gasteiger partial charge is 0.252 e. The lowest BCUT2D eigenvalue weighted by Crippen LogP contribution is -2.27. The van der Waals surface area contributed by atoms with Crippen molar-refractivity contribution in [2.45, 2.75) is 19.4 Å². The Labute approximate surface area is 155 Å². The van der Waals surface area contributed by atoms with Crippen LogP contribution in [0.1, 0.15) is 28.8 Å². The van der Waals surface area contributed by atoms with Gasteiger partial charge in [-0.3, -0.25) is 9.59 Å². The van der Waals surface area contributed by atoms with Crippen LogP contribution < -0.4 is 10.6 Å². The number of thiophene rings is 1. The van der Waals surface area contributed by atoms with E-state index < -0.39 is 0 Å². The number of carbonyl (C=O) groups is 2. The molecule has 2 heterocycles. The van der Waals surface area contributed by atoms with Gasteiger partial charge in [0.15, 0.2) is 0 Å². The van der Waals surface area contributed by atoms with Crippen LogP contribution in [0, 0.1) is 0 Å². The first-order valence-electron chi connectivity index (χ1n) is 8.23. The monoisotopic (exact) mass is 369 g/mol. The summed E-state index contributed by atoms with van der Waals surface area (Å²) in [6.07, 6.45) is 4.10. The van der Waals surface area contributed by atoms with Crippen LogP contribution in [-0.4, -0.2) is 33.1 Å². The Bertz CT molecular complexity index is 829. The molecule has 2 amide bonds. The number of hydrogen-bond donors (Lipinski definition) is 2. The first-order chi connectivity index (χ1) is 12.7. The largest absolute Gasteiger partial charge is 0.352 e. The van der Waals surface area contributed by atoms with Crippen LogP contribution >= 0.6 is 11.3 Å². The molecule has 0 unspecified atom stereocenters. The molecule has 7 nitrogen and oxygen atoms in total. The number of carbonyl (C=O) groups excluding carboxylic acids is 2. The van der Waals surface area contributed by atoms with E-state index in [2.05, 4.69) is 20.7 Å². The lowest BCUT2D eigenvalue weighted by atomic mass is 10.2. The fourth-order valence-corrected chi connectivity index (χ4v) is 2.98. The second-order valence-corrected chi connectivity index (χ2v) is 6.43. The zero-order valence-electron chi connectivity index (χ0n) is 14.1. The van der Waals surface area contributed by atoms with Gasteiger partial charge in [-0.1, -0.05) is 12.1 Å². The Morgan fingerprint density at radius 2 is 1.96 bits per heavy atom. The van der Waals surface area contributed by atoms with E-state index in [-0.39, 0.29) is 11.8 Å². The minimum absolute atomic E-state index is 0.0323. The summed E-state index contributed by atoms with van der Waals surface area (Å²) in [5.41, 5.74) is 2.58. The van der Waals surface area contributed by atoms with Crippen molar-refractivity contribution in [3.63, 3.8) is 0 Å². The van der Waals surface area contributed by atoms with Gasteiger partial charge in [-0.15, -0.1) is 0 Å². The van der Waals surface area contributed by atoms with Gasteiger partial charge in [-0.05, 0) is 35.6 Å². The highest BCUT2D eigenvalue weighted by molar-refractivity contribution is 7.08. The van der Waals surface area contributed by atoms with Crippen molar-refractivity contribution in [2.75, 3.05) is 6.54 Å². The fraction of sp³-hybridized carbons (Fsp3) is 0.222. The van der Waals surface area contributed by atoms with E-state index in [0.29, 0.717) is 31.5 Å². The maximum atomic E-state index is 11.9. The molecule has 0 bridgehead atoms. The third-order valence-corrected chi connectivity index (χ3v) is 4.44. The quantitative estimate of drug-likeness (QED) is 0.596. The van der Waals surface area contributed by atoms with Gasteiger partial charge >= 0.3 is 0 Å². The van der Waals surface area contributed by atoms with Gasteiger partial charge in [-0.2, -0.15) is 16.4 Å². The molecule has 1 aromatic carbocycles. The van der Waals surface area contributed by atoms with Crippen molar-refractivity contribution in [3.05, 3.63) is 64.9 Å². The summed E-state index contributed by atoms with van der Waals surface area (Å²) in [7, 11) is 0. The van der Waals surface area contributed by atoms with Gasteiger partial charge < -0.3 is 10.6 Å². The van der Waals surface area contributed by atoms with Gasteiger partial charge in [0.05, 0.1) is 5.69 Å². The molecule has 0 aliphatic heterocycles. The summed E-state index contributed by atoms with van der Waals surface area (Å²) in [6.45, 7) is 0.951. The van der Waals surface area contributed by atoms with Crippen LogP contribution in [0.25, 0.3) is 5.69 Å². The average Bonchev–Trinajstić information content (AvgIpc) is 3.37. The van der Waals surface area contributed by atoms with E-state index in [1.165, 1.54) is 17.7 Å². The van der Waals surface area contributed by atoms with E-state index in [1.807, 2.05) is 29.6 Å². The van der Waals surface area contributed by atoms with Crippen LogP contribution in [-0.2, 0) is 11.3 Å². The number of nitrogens with zero attached hydrogens (tertiary/aromatic N) is 3. The number of hydrogen-bond acceptors (Lipinski definition) is 5. The number of amides is 2. The van der Waals surface area contributed by atoms with Crippen molar-refractivity contribution >= 4 is 23.2 Å². The molecule has 3 aromatic rings. The highest BCUT2D eigenvalue weighted by Gasteiger charge is 2.06. The molecule has 0 aliphatic carbocycles. The Hall–Kier alpha value is -3.00. The summed E-state index contributed by atoms with van der Waals surface area (Å²) in [4.78, 5) is 27.6. The summed E-state index contributed by atoms with van der Waals surface area (Å²) >= 11 is 1.48. The topological polar surface area (TPSA) is 88.9 Å². The predicted octanol–water partition coefficient (Wildman–Crippen LogP) is 2.16. The first kappa shape index (κ1) is 17.8. The summed E-state index contributed by atoms with van der Waals surface area (Å²) in [5, 5.41) is 13.4. The van der Waals surface area contributed by atoms with Gasteiger partial charge in [0.1, 0.15) is 12.7 Å². The molecule has 0 saturated heterocycles. The molecule has 134 valence electrons. The Kier molecular flexibility index (Phi) is 6.10. The third kappa shape index (κ3) is 5.00. The van der Waals surface area contributed by atoms with Gasteiger partial charge in [0.25, 0.3) is 5.91 Å². The highest BCUT2D eigenvalue weighted by Crippen LogP contribution is 2.08. The number of nitrogens with one attached hydrogen (secondary N) is 2. The molecule has 26 heavy (non-hydrogen) atoms. The van der Waals surface area contributed by atoms with Crippen LogP contribution in [0.2, 0.25) is 0 Å². The van der Waals surface area contributed by atoms with Gasteiger partial charge in [0.2, 0.25) is 5.91 Å². The number of rotatable bonds is 8. The molecule has 3 rings (SSSR count). The predicted molar refractivity (Wildman–Crippen MR) is 99.1 cm³/mol. The SMILES string of the molecule is O=C(CCCNC(=O)c1ccsc1)NCc1ccc(-n2cncn2)cc1. The zero-order chi connectivity index (χ0) is 18.2. The zero-order valence-corrected chi connectivity index (χ0v) is 14.9. The van der Waals surface area contributed by atoms with E-state index in [0.717, 1.165) is 11.3 Å². The lowest BCUT2D eigenvalue weighted by Gasteiger charge is -2.07. The van der Waals surface area contributed by atoms with Crippen molar-refractivity contribution in [3.8, 4) is 5.69 Å². The van der Waals surface area contributed by atoms with Crippen LogP contribution in [0.5, 0.6) is 0 Å². The maximum absolute atomic E-state index is 11.9. The molecule has 0 aliphatic rings. The Morgan fingerprint density at radius 3 is 2.65 bits per heavy atom. The molecule has 2 N–H and O–H groups in total. The molecule has 0 radical (unpaired) electrons. The Balaban J connectivity index is 1.34. The second kappa shape index (κ2) is 8.91. The Morgan fingerprint density at radius 1 is 1.12 bits per heavy atom. The number of benzene rings is 1. The second-order valence-electron chi connectivity index (χ2n) is 5.65. The summed E-state index contributed by atoms with van der Waals surface area (Å²) in [5.74, 6) is -0.130. The average molecular weight is 369 g/mol. The molecule has 0 spiro atoms. The van der Waals surface area contributed by atoms with Crippen molar-refractivity contribution < 1.29 is 9.59 Å². The molecule has 0 saturated carbocycles. The maximum Gasteiger partial charge on any atom is 0.252 e. The third-order valence-electron chi connectivity index (χ3n) is 3.76. The standard InChI is InChI=1S/C18H19N5O2S/c24-17(2-1-8-20-18(25)15-7-9-26-11-15)21-10-14-3-5-16(6-4-14)23-13-19-12-22-23/h3-7,9,11-13H,1-2,8,10H2,(H,20,25)(H,21,24). The van der Waals surface area contributed by atoms with E-state index in [4.69, 9.17) is 0 Å². The normalized spacial score (nSPS) is 10.5. The highest BCUT2D eigenvalue weighted by atomic mass is 32.1. The van der Waals surface area contributed by atoms with Crippen molar-refractivity contribution in [1.29, 1.82) is 0 Å². The lowest BCUT2D eigenvalue weighted by molar-refractivity contribution is -0.121. The van der Waals surface area contributed by atoms with Crippen LogP contribution in [0.15, 0.2) is 53.7 Å². The van der Waals surface area contributed by atoms with Crippen LogP contribution in [0.3, 0.4) is 0 Å². The summed E-state index contributed by atoms with van der Waals surface area (Å²) in [6, 6.07) is 9.52. The minimum atomic E-state index is -0.0980. The molecular weight excluding hydrogens is 350 g/mol. The van der Waals surface area contributed by atoms with Gasteiger partial charge in [0, 0.05) is 30.5 Å². The van der Waals surface area contributed by atoms with E-state index >= 15 is 0 Å². The van der Waals surface area contributed by atoms with Gasteiger partial charge in [-0.25, -0.2) is 9.67 Å².